The van der Waals surface area contributed by atoms with Gasteiger partial charge in [0.15, 0.2) is 0 Å². The van der Waals surface area contributed by atoms with Gasteiger partial charge in [0.05, 0.1) is 0 Å². The van der Waals surface area contributed by atoms with Crippen molar-refractivity contribution in [1.82, 2.24) is 0 Å². The number of anilines is 1. The molecule has 1 N–H and O–H groups in total. The van der Waals surface area contributed by atoms with Gasteiger partial charge in [-0.2, -0.15) is 8.78 Å². The van der Waals surface area contributed by atoms with Crippen LogP contribution in [0.15, 0.2) is 24.3 Å². The molecule has 0 saturated heterocycles. The molecule has 1 amide bonds. The Morgan fingerprint density at radius 3 is 2.12 bits per heavy atom. The van der Waals surface area contributed by atoms with Crippen molar-refractivity contribution in [3.63, 3.8) is 0 Å². The third-order valence-corrected chi connectivity index (χ3v) is 2.04. The highest BCUT2D eigenvalue weighted by Gasteiger charge is 2.44. The van der Waals surface area contributed by atoms with Crippen LogP contribution in [-0.4, -0.2) is 17.6 Å². The zero-order valence-corrected chi connectivity index (χ0v) is 8.88. The number of halogens is 2. The highest BCUT2D eigenvalue weighted by Crippen LogP contribution is 2.18. The van der Waals surface area contributed by atoms with Crippen molar-refractivity contribution in [2.24, 2.45) is 0 Å². The fourth-order valence-electron chi connectivity index (χ4n) is 1.01. The van der Waals surface area contributed by atoms with Crippen molar-refractivity contribution in [3.8, 4) is 0 Å². The van der Waals surface area contributed by atoms with Crippen LogP contribution in [0, 0.1) is 6.92 Å². The molecule has 0 fully saturated rings. The number of benzene rings is 1. The van der Waals surface area contributed by atoms with E-state index in [2.05, 4.69) is 0 Å². The van der Waals surface area contributed by atoms with Crippen molar-refractivity contribution in [2.45, 2.75) is 19.8 Å². The first-order valence-electron chi connectivity index (χ1n) is 4.61. The number of aryl methyl sites for hydroxylation is 1. The number of amides is 1. The van der Waals surface area contributed by atoms with E-state index in [-0.39, 0.29) is 5.69 Å². The summed E-state index contributed by atoms with van der Waals surface area (Å²) < 4.78 is 25.9. The van der Waals surface area contributed by atoms with Gasteiger partial charge in [-0.25, -0.2) is 0 Å². The molecule has 0 saturated carbocycles. The molecule has 0 heterocycles. The Morgan fingerprint density at radius 2 is 1.69 bits per heavy atom. The van der Waals surface area contributed by atoms with Crippen LogP contribution in [0.1, 0.15) is 12.5 Å². The molecule has 0 aliphatic carbocycles. The summed E-state index contributed by atoms with van der Waals surface area (Å²) in [4.78, 5) is 21.6. The highest BCUT2D eigenvalue weighted by atomic mass is 19.3. The molecular weight excluding hydrogens is 216 g/mol. The maximum Gasteiger partial charge on any atom is 0.381 e. The lowest BCUT2D eigenvalue weighted by Crippen LogP contribution is -2.40. The van der Waals surface area contributed by atoms with E-state index >= 15 is 0 Å². The van der Waals surface area contributed by atoms with Crippen LogP contribution in [-0.2, 0) is 9.59 Å². The molecule has 86 valence electrons. The molecule has 1 aromatic rings. The van der Waals surface area contributed by atoms with Crippen LogP contribution in [0.25, 0.3) is 0 Å². The van der Waals surface area contributed by atoms with Gasteiger partial charge in [0.25, 0.3) is 0 Å². The first-order valence-corrected chi connectivity index (χ1v) is 4.61. The third-order valence-electron chi connectivity index (χ3n) is 2.04. The average molecular weight is 227 g/mol. The normalized spacial score (nSPS) is 11.0. The largest absolute Gasteiger partial charge is 0.381 e. The van der Waals surface area contributed by atoms with E-state index in [0.717, 1.165) is 5.56 Å². The monoisotopic (exact) mass is 227 g/mol. The topological polar surface area (TPSA) is 46.2 Å². The van der Waals surface area contributed by atoms with Gasteiger partial charge in [-0.15, -0.1) is 0 Å². The Labute approximate surface area is 91.5 Å². The molecule has 0 unspecified atom stereocenters. The Hall–Kier alpha value is -1.78. The number of ketones is 1. The number of Topliss-reactive ketones (excluding diaryl/α,β-unsaturated/α-hetero) is 1. The van der Waals surface area contributed by atoms with Gasteiger partial charge in [0.1, 0.15) is 0 Å². The van der Waals surface area contributed by atoms with Gasteiger partial charge in [-0.05, 0) is 19.1 Å². The maximum atomic E-state index is 12.9. The number of nitrogens with one attached hydrogen (secondary N) is 1. The van der Waals surface area contributed by atoms with Crippen LogP contribution in [0.5, 0.6) is 0 Å². The van der Waals surface area contributed by atoms with E-state index < -0.39 is 17.6 Å². The van der Waals surface area contributed by atoms with Crippen LogP contribution in [0.2, 0.25) is 0 Å². The van der Waals surface area contributed by atoms with Crippen molar-refractivity contribution in [2.75, 3.05) is 5.32 Å². The van der Waals surface area contributed by atoms with Gasteiger partial charge in [-0.3, -0.25) is 9.59 Å². The predicted octanol–water partition coefficient (Wildman–Crippen LogP) is 2.16. The maximum absolute atomic E-state index is 12.9. The molecule has 1 aromatic carbocycles. The molecule has 3 nitrogen and oxygen atoms in total. The van der Waals surface area contributed by atoms with E-state index in [9.17, 15) is 18.4 Å². The Kier molecular flexibility index (Phi) is 3.37. The summed E-state index contributed by atoms with van der Waals surface area (Å²) >= 11 is 0. The molecule has 5 heteroatoms. The minimum atomic E-state index is -3.98. The lowest BCUT2D eigenvalue weighted by molar-refractivity contribution is -0.153. The molecule has 1 rings (SSSR count). The third kappa shape index (κ3) is 2.62. The first-order chi connectivity index (χ1) is 7.34. The summed E-state index contributed by atoms with van der Waals surface area (Å²) in [5.74, 6) is -7.06. The first kappa shape index (κ1) is 12.3. The molecule has 0 bridgehead atoms. The molecule has 0 spiro atoms. The van der Waals surface area contributed by atoms with Crippen LogP contribution < -0.4 is 5.32 Å². The number of carbonyl (C=O) groups excluding carboxylic acids is 2. The summed E-state index contributed by atoms with van der Waals surface area (Å²) in [6, 6.07) is 6.32. The van der Waals surface area contributed by atoms with Crippen molar-refractivity contribution >= 4 is 17.4 Å². The van der Waals surface area contributed by atoms with E-state index in [0.29, 0.717) is 6.92 Å². The fourth-order valence-corrected chi connectivity index (χ4v) is 1.01. The number of alkyl halides is 2. The Balaban J connectivity index is 2.79. The van der Waals surface area contributed by atoms with E-state index in [4.69, 9.17) is 0 Å². The van der Waals surface area contributed by atoms with E-state index in [1.807, 2.05) is 12.2 Å². The quantitative estimate of drug-likeness (QED) is 0.804. The smallest absolute Gasteiger partial charge is 0.320 e. The molecule has 0 aromatic heterocycles. The van der Waals surface area contributed by atoms with Crippen LogP contribution >= 0.6 is 0 Å². The lowest BCUT2D eigenvalue weighted by atomic mass is 10.2. The van der Waals surface area contributed by atoms with Crippen LogP contribution in [0.3, 0.4) is 0 Å². The van der Waals surface area contributed by atoms with Gasteiger partial charge < -0.3 is 5.32 Å². The minimum Gasteiger partial charge on any atom is -0.320 e. The highest BCUT2D eigenvalue weighted by molar-refractivity contribution is 6.11. The Morgan fingerprint density at radius 1 is 1.19 bits per heavy atom. The summed E-state index contributed by atoms with van der Waals surface area (Å²) in [6.07, 6.45) is 0. The van der Waals surface area contributed by atoms with E-state index in [1.54, 1.807) is 12.1 Å². The SMILES string of the molecule is CC(=O)C(F)(F)C(=O)Nc1ccc(C)cc1. The molecule has 0 radical (unpaired) electrons. The van der Waals surface area contributed by atoms with Gasteiger partial charge in [0.2, 0.25) is 5.78 Å². The van der Waals surface area contributed by atoms with Crippen LogP contribution in [0.4, 0.5) is 14.5 Å². The summed E-state index contributed by atoms with van der Waals surface area (Å²) in [5.41, 5.74) is 1.17. The standard InChI is InChI=1S/C11H11F2NO2/c1-7-3-5-9(6-4-7)14-10(16)11(12,13)8(2)15/h3-6H,1-2H3,(H,14,16). The molecular formula is C11H11F2NO2. The van der Waals surface area contributed by atoms with Crippen molar-refractivity contribution < 1.29 is 18.4 Å². The van der Waals surface area contributed by atoms with Crippen molar-refractivity contribution in [3.05, 3.63) is 29.8 Å². The zero-order chi connectivity index (χ0) is 12.3. The number of carbonyl (C=O) groups is 2. The fraction of sp³-hybridized carbons (Fsp3) is 0.273. The predicted molar refractivity (Wildman–Crippen MR) is 55.4 cm³/mol. The van der Waals surface area contributed by atoms with Gasteiger partial charge >= 0.3 is 11.8 Å². The second kappa shape index (κ2) is 4.38. The summed E-state index contributed by atoms with van der Waals surface area (Å²) in [6.45, 7) is 2.50. The average Bonchev–Trinajstić information content (AvgIpc) is 2.21. The second-order valence-corrected chi connectivity index (χ2v) is 3.45. The molecule has 0 atom stereocenters. The number of hydrogen-bond acceptors (Lipinski definition) is 2. The minimum absolute atomic E-state index is 0.233. The molecule has 16 heavy (non-hydrogen) atoms. The van der Waals surface area contributed by atoms with Gasteiger partial charge in [0, 0.05) is 12.6 Å². The molecule has 0 aliphatic rings. The lowest BCUT2D eigenvalue weighted by Gasteiger charge is -2.12. The molecule has 0 aliphatic heterocycles. The number of rotatable bonds is 3. The summed E-state index contributed by atoms with van der Waals surface area (Å²) in [7, 11) is 0. The second-order valence-electron chi connectivity index (χ2n) is 3.45. The van der Waals surface area contributed by atoms with Gasteiger partial charge in [-0.1, -0.05) is 17.7 Å². The Bertz CT molecular complexity index is 412. The summed E-state index contributed by atoms with van der Waals surface area (Å²) in [5, 5.41) is 1.98. The van der Waals surface area contributed by atoms with E-state index in [1.165, 1.54) is 12.1 Å². The zero-order valence-electron chi connectivity index (χ0n) is 8.88. The van der Waals surface area contributed by atoms with Crippen molar-refractivity contribution in [1.29, 1.82) is 0 Å². The number of hydrogen-bond donors (Lipinski definition) is 1.